The van der Waals surface area contributed by atoms with Gasteiger partial charge in [0.1, 0.15) is 16.8 Å². The number of hydrogen-bond donors (Lipinski definition) is 2. The van der Waals surface area contributed by atoms with Crippen LogP contribution in [0.4, 0.5) is 5.69 Å². The minimum atomic E-state index is -1.34. The predicted octanol–water partition coefficient (Wildman–Crippen LogP) is 3.16. The summed E-state index contributed by atoms with van der Waals surface area (Å²) in [5.74, 6) is 0.320. The van der Waals surface area contributed by atoms with Crippen molar-refractivity contribution in [3.8, 4) is 5.75 Å². The largest absolute Gasteiger partial charge is 0.497 e. The van der Waals surface area contributed by atoms with Gasteiger partial charge >= 0.3 is 0 Å². The molecule has 2 N–H and O–H groups in total. The average molecular weight is 406 g/mol. The lowest BCUT2D eigenvalue weighted by Gasteiger charge is -2.37. The molecular formula is C24H26N2O4. The molecule has 1 aliphatic carbocycles. The number of rotatable bonds is 3. The van der Waals surface area contributed by atoms with Gasteiger partial charge in [0.25, 0.3) is 5.91 Å². The lowest BCUT2D eigenvalue weighted by Crippen LogP contribution is -2.50. The van der Waals surface area contributed by atoms with Gasteiger partial charge in [0.2, 0.25) is 5.91 Å². The maximum absolute atomic E-state index is 13.6. The van der Waals surface area contributed by atoms with Crippen LogP contribution in [0.1, 0.15) is 49.3 Å². The third kappa shape index (κ3) is 2.59. The van der Waals surface area contributed by atoms with Crippen LogP contribution in [0.3, 0.4) is 0 Å². The number of likely N-dealkylation sites (tertiary alicyclic amines) is 1. The van der Waals surface area contributed by atoms with Crippen LogP contribution >= 0.6 is 0 Å². The molecule has 2 heterocycles. The number of hydrogen-bond acceptors (Lipinski definition) is 4. The van der Waals surface area contributed by atoms with Gasteiger partial charge < -0.3 is 20.1 Å². The Morgan fingerprint density at radius 3 is 2.67 bits per heavy atom. The van der Waals surface area contributed by atoms with Gasteiger partial charge in [0.05, 0.1) is 13.2 Å². The molecule has 156 valence electrons. The molecule has 0 radical (unpaired) electrons. The molecule has 0 aromatic heterocycles. The Morgan fingerprint density at radius 1 is 1.13 bits per heavy atom. The van der Waals surface area contributed by atoms with E-state index in [4.69, 9.17) is 4.74 Å². The topological polar surface area (TPSA) is 78.9 Å². The summed E-state index contributed by atoms with van der Waals surface area (Å²) in [6.45, 7) is 0.421. The van der Waals surface area contributed by atoms with Crippen LogP contribution in [0, 0.1) is 0 Å². The van der Waals surface area contributed by atoms with Crippen molar-refractivity contribution in [2.24, 2.45) is 0 Å². The number of nitrogens with one attached hydrogen (secondary N) is 1. The van der Waals surface area contributed by atoms with E-state index in [2.05, 4.69) is 5.32 Å². The van der Waals surface area contributed by atoms with Crippen LogP contribution in [-0.4, -0.2) is 41.1 Å². The number of aliphatic hydroxyl groups is 1. The SMILES string of the molecule is COc1cccc(C2N(C(=O)C3(O)CCCC3)CCC23C(=O)Nc2ccccc23)c1. The second-order valence-corrected chi connectivity index (χ2v) is 8.64. The molecule has 2 atom stereocenters. The van der Waals surface area contributed by atoms with E-state index < -0.39 is 17.1 Å². The number of benzene rings is 2. The molecule has 6 heteroatoms. The van der Waals surface area contributed by atoms with E-state index in [1.165, 1.54) is 0 Å². The van der Waals surface area contributed by atoms with Gasteiger partial charge in [0, 0.05) is 12.2 Å². The smallest absolute Gasteiger partial charge is 0.255 e. The average Bonchev–Trinajstić information content (AvgIpc) is 3.46. The van der Waals surface area contributed by atoms with Crippen LogP contribution in [0.5, 0.6) is 5.75 Å². The third-order valence-electron chi connectivity index (χ3n) is 7.09. The molecule has 2 amide bonds. The van der Waals surface area contributed by atoms with Crippen molar-refractivity contribution in [1.29, 1.82) is 0 Å². The second-order valence-electron chi connectivity index (χ2n) is 8.64. The molecule has 3 aliphatic rings. The first kappa shape index (κ1) is 19.1. The Labute approximate surface area is 175 Å². The monoisotopic (exact) mass is 406 g/mol. The number of amides is 2. The van der Waals surface area contributed by atoms with Gasteiger partial charge in [-0.15, -0.1) is 0 Å². The maximum atomic E-state index is 13.6. The van der Waals surface area contributed by atoms with Crippen LogP contribution in [-0.2, 0) is 15.0 Å². The van der Waals surface area contributed by atoms with Crippen LogP contribution in [0.15, 0.2) is 48.5 Å². The molecule has 2 unspecified atom stereocenters. The second kappa shape index (κ2) is 6.84. The normalized spacial score (nSPS) is 26.7. The van der Waals surface area contributed by atoms with E-state index in [0.29, 0.717) is 31.6 Å². The highest BCUT2D eigenvalue weighted by Gasteiger charge is 2.61. The predicted molar refractivity (Wildman–Crippen MR) is 112 cm³/mol. The number of fused-ring (bicyclic) bond motifs is 2. The quantitative estimate of drug-likeness (QED) is 0.821. The summed E-state index contributed by atoms with van der Waals surface area (Å²) < 4.78 is 5.42. The zero-order chi connectivity index (χ0) is 20.9. The summed E-state index contributed by atoms with van der Waals surface area (Å²) >= 11 is 0. The molecule has 1 saturated heterocycles. The number of carbonyl (C=O) groups is 2. The molecule has 2 fully saturated rings. The number of ether oxygens (including phenoxy) is 1. The Hall–Kier alpha value is -2.86. The minimum absolute atomic E-state index is 0.0924. The van der Waals surface area contributed by atoms with Crippen molar-refractivity contribution in [2.45, 2.75) is 49.2 Å². The number of nitrogens with zero attached hydrogens (tertiary/aromatic N) is 1. The number of methoxy groups -OCH3 is 1. The van der Waals surface area contributed by atoms with Crippen LogP contribution in [0.2, 0.25) is 0 Å². The maximum Gasteiger partial charge on any atom is 0.255 e. The Balaban J connectivity index is 1.67. The summed E-state index contributed by atoms with van der Waals surface area (Å²) in [6.07, 6.45) is 3.15. The summed E-state index contributed by atoms with van der Waals surface area (Å²) in [4.78, 5) is 28.7. The van der Waals surface area contributed by atoms with E-state index in [0.717, 1.165) is 29.7 Å². The van der Waals surface area contributed by atoms with Gasteiger partial charge in [-0.3, -0.25) is 9.59 Å². The first-order chi connectivity index (χ1) is 14.5. The van der Waals surface area contributed by atoms with Crippen molar-refractivity contribution in [2.75, 3.05) is 19.0 Å². The highest BCUT2D eigenvalue weighted by atomic mass is 16.5. The summed E-state index contributed by atoms with van der Waals surface area (Å²) in [5, 5.41) is 14.1. The third-order valence-corrected chi connectivity index (χ3v) is 7.09. The molecule has 1 saturated carbocycles. The first-order valence-electron chi connectivity index (χ1n) is 10.6. The lowest BCUT2D eigenvalue weighted by atomic mass is 9.72. The summed E-state index contributed by atoms with van der Waals surface area (Å²) in [5.41, 5.74) is 0.333. The number of anilines is 1. The van der Waals surface area contributed by atoms with E-state index in [-0.39, 0.29) is 11.8 Å². The Kier molecular flexibility index (Phi) is 4.36. The summed E-state index contributed by atoms with van der Waals surface area (Å²) in [7, 11) is 1.60. The standard InChI is InChI=1S/C24H26N2O4/c1-30-17-8-6-7-16(15-17)20-24(18-9-2-3-10-19(18)25-21(24)27)13-14-26(20)22(28)23(29)11-4-5-12-23/h2-3,6-10,15,20,29H,4-5,11-14H2,1H3,(H,25,27). The van der Waals surface area contributed by atoms with Gasteiger partial charge in [-0.2, -0.15) is 0 Å². The molecule has 30 heavy (non-hydrogen) atoms. The summed E-state index contributed by atoms with van der Waals surface area (Å²) in [6, 6.07) is 14.8. The molecule has 6 nitrogen and oxygen atoms in total. The van der Waals surface area contributed by atoms with E-state index >= 15 is 0 Å². The fourth-order valence-electron chi connectivity index (χ4n) is 5.62. The highest BCUT2D eigenvalue weighted by molar-refractivity contribution is 6.08. The molecule has 2 aromatic carbocycles. The fraction of sp³-hybridized carbons (Fsp3) is 0.417. The first-order valence-corrected chi connectivity index (χ1v) is 10.6. The minimum Gasteiger partial charge on any atom is -0.497 e. The molecule has 2 aromatic rings. The molecular weight excluding hydrogens is 380 g/mol. The number of carbonyl (C=O) groups excluding carboxylic acids is 2. The van der Waals surface area contributed by atoms with Crippen molar-refractivity contribution in [3.63, 3.8) is 0 Å². The van der Waals surface area contributed by atoms with Crippen LogP contribution in [0.25, 0.3) is 0 Å². The zero-order valence-electron chi connectivity index (χ0n) is 17.1. The van der Waals surface area contributed by atoms with Gasteiger partial charge in [-0.25, -0.2) is 0 Å². The highest BCUT2D eigenvalue weighted by Crippen LogP contribution is 2.55. The zero-order valence-corrected chi connectivity index (χ0v) is 17.1. The Morgan fingerprint density at radius 2 is 1.90 bits per heavy atom. The van der Waals surface area contributed by atoms with Gasteiger partial charge in [0.15, 0.2) is 0 Å². The molecule has 0 bridgehead atoms. The molecule has 1 spiro atoms. The van der Waals surface area contributed by atoms with Crippen LogP contribution < -0.4 is 10.1 Å². The van der Waals surface area contributed by atoms with Crippen molar-refractivity contribution >= 4 is 17.5 Å². The Bertz CT molecular complexity index is 1010. The van der Waals surface area contributed by atoms with Gasteiger partial charge in [-0.05, 0) is 61.4 Å². The van der Waals surface area contributed by atoms with E-state index in [1.807, 2.05) is 48.5 Å². The van der Waals surface area contributed by atoms with Gasteiger partial charge in [-0.1, -0.05) is 30.3 Å². The van der Waals surface area contributed by atoms with Crippen molar-refractivity contribution in [3.05, 3.63) is 59.7 Å². The van der Waals surface area contributed by atoms with Crippen molar-refractivity contribution in [1.82, 2.24) is 4.90 Å². The molecule has 5 rings (SSSR count). The van der Waals surface area contributed by atoms with Crippen molar-refractivity contribution < 1.29 is 19.4 Å². The molecule has 2 aliphatic heterocycles. The number of para-hydroxylation sites is 1. The van der Waals surface area contributed by atoms with E-state index in [1.54, 1.807) is 12.0 Å². The fourth-order valence-corrected chi connectivity index (χ4v) is 5.62. The lowest BCUT2D eigenvalue weighted by molar-refractivity contribution is -0.152. The van der Waals surface area contributed by atoms with E-state index in [9.17, 15) is 14.7 Å².